The lowest BCUT2D eigenvalue weighted by Crippen LogP contribution is -2.24. The molecule has 15 heavy (non-hydrogen) atoms. The van der Waals surface area contributed by atoms with Crippen molar-refractivity contribution in [3.05, 3.63) is 34.9 Å². The first-order valence-electron chi connectivity index (χ1n) is 4.75. The Kier molecular flexibility index (Phi) is 2.73. The molecule has 1 aliphatic heterocycles. The van der Waals surface area contributed by atoms with Crippen molar-refractivity contribution in [1.82, 2.24) is 5.43 Å². The molecule has 0 radical (unpaired) electrons. The van der Waals surface area contributed by atoms with Crippen LogP contribution in [0.5, 0.6) is 0 Å². The summed E-state index contributed by atoms with van der Waals surface area (Å²) in [6.45, 7) is 1.85. The van der Waals surface area contributed by atoms with Crippen molar-refractivity contribution in [1.29, 1.82) is 0 Å². The van der Waals surface area contributed by atoms with Crippen LogP contribution in [0.4, 0.5) is 0 Å². The fourth-order valence-corrected chi connectivity index (χ4v) is 1.84. The molecule has 1 N–H and O–H groups in total. The van der Waals surface area contributed by atoms with Gasteiger partial charge in [0.05, 0.1) is 5.92 Å². The smallest absolute Gasteiger partial charge is 0.249 e. The number of hydrogen-bond acceptors (Lipinski definition) is 2. The highest BCUT2D eigenvalue weighted by Gasteiger charge is 2.26. The van der Waals surface area contributed by atoms with E-state index >= 15 is 0 Å². The van der Waals surface area contributed by atoms with E-state index in [0.29, 0.717) is 11.4 Å². The number of nitrogens with zero attached hydrogens (tertiary/aromatic N) is 1. The lowest BCUT2D eigenvalue weighted by Gasteiger charge is -2.07. The highest BCUT2D eigenvalue weighted by molar-refractivity contribution is 6.30. The summed E-state index contributed by atoms with van der Waals surface area (Å²) in [6, 6.07) is 7.54. The van der Waals surface area contributed by atoms with Crippen molar-refractivity contribution in [3.63, 3.8) is 0 Å². The van der Waals surface area contributed by atoms with Crippen molar-refractivity contribution in [2.24, 2.45) is 11.0 Å². The van der Waals surface area contributed by atoms with Crippen LogP contribution >= 0.6 is 11.6 Å². The predicted molar refractivity (Wildman–Crippen MR) is 59.9 cm³/mol. The minimum absolute atomic E-state index is 0.0347. The van der Waals surface area contributed by atoms with Gasteiger partial charge in [-0.05, 0) is 31.0 Å². The third-order valence-electron chi connectivity index (χ3n) is 2.49. The lowest BCUT2D eigenvalue weighted by atomic mass is 9.96. The lowest BCUT2D eigenvalue weighted by molar-refractivity contribution is -0.122. The van der Waals surface area contributed by atoms with E-state index < -0.39 is 0 Å². The molecule has 0 spiro atoms. The molecule has 1 aliphatic rings. The van der Waals surface area contributed by atoms with Gasteiger partial charge in [0.25, 0.3) is 0 Å². The molecule has 1 aromatic rings. The van der Waals surface area contributed by atoms with Gasteiger partial charge < -0.3 is 0 Å². The fourth-order valence-electron chi connectivity index (χ4n) is 1.63. The van der Waals surface area contributed by atoms with Gasteiger partial charge in [-0.2, -0.15) is 5.10 Å². The summed E-state index contributed by atoms with van der Waals surface area (Å²) in [4.78, 5) is 11.4. The maximum Gasteiger partial charge on any atom is 0.249 e. The molecule has 2 rings (SSSR count). The number of nitrogens with one attached hydrogen (secondary N) is 1. The van der Waals surface area contributed by atoms with Crippen molar-refractivity contribution < 1.29 is 4.79 Å². The van der Waals surface area contributed by atoms with Crippen LogP contribution in [0.2, 0.25) is 5.02 Å². The first-order valence-corrected chi connectivity index (χ1v) is 5.13. The molecule has 0 fully saturated rings. The third-order valence-corrected chi connectivity index (χ3v) is 2.73. The second-order valence-corrected chi connectivity index (χ2v) is 4.05. The maximum atomic E-state index is 11.4. The molecule has 0 aromatic heterocycles. The number of carbonyl (C=O) groups is 1. The van der Waals surface area contributed by atoms with Crippen molar-refractivity contribution in [2.75, 3.05) is 0 Å². The van der Waals surface area contributed by atoms with Crippen LogP contribution in [-0.4, -0.2) is 11.6 Å². The third kappa shape index (κ3) is 2.18. The molecule has 1 amide bonds. The number of benzene rings is 1. The molecule has 1 aromatic carbocycles. The standard InChI is InChI=1S/C11H11ClN2O/c1-7-10(11(15)14-13-7)6-8-3-2-4-9(12)5-8/h2-5,10H,6H2,1H3,(H,14,15). The molecule has 3 nitrogen and oxygen atoms in total. The predicted octanol–water partition coefficient (Wildman–Crippen LogP) is 2.00. The van der Waals surface area contributed by atoms with E-state index in [0.717, 1.165) is 11.3 Å². The van der Waals surface area contributed by atoms with Crippen LogP contribution in [0, 0.1) is 5.92 Å². The van der Waals surface area contributed by atoms with Gasteiger partial charge in [-0.25, -0.2) is 5.43 Å². The minimum atomic E-state index is -0.150. The topological polar surface area (TPSA) is 41.5 Å². The van der Waals surface area contributed by atoms with E-state index in [4.69, 9.17) is 11.6 Å². The van der Waals surface area contributed by atoms with E-state index in [1.807, 2.05) is 31.2 Å². The van der Waals surface area contributed by atoms with E-state index in [1.54, 1.807) is 0 Å². The molecule has 0 saturated heterocycles. The van der Waals surface area contributed by atoms with E-state index in [2.05, 4.69) is 10.5 Å². The Hall–Kier alpha value is -1.35. The second kappa shape index (κ2) is 4.03. The largest absolute Gasteiger partial charge is 0.272 e. The highest BCUT2D eigenvalue weighted by atomic mass is 35.5. The molecule has 78 valence electrons. The molecule has 1 atom stereocenters. The Bertz CT molecular complexity index is 428. The molecule has 1 heterocycles. The molecule has 0 aliphatic carbocycles. The summed E-state index contributed by atoms with van der Waals surface area (Å²) in [5, 5.41) is 4.60. The minimum Gasteiger partial charge on any atom is -0.272 e. The maximum absolute atomic E-state index is 11.4. The van der Waals surface area contributed by atoms with Crippen LogP contribution in [0.15, 0.2) is 29.4 Å². The van der Waals surface area contributed by atoms with Gasteiger partial charge >= 0.3 is 0 Å². The Morgan fingerprint density at radius 2 is 2.33 bits per heavy atom. The molecular weight excluding hydrogens is 212 g/mol. The summed E-state index contributed by atoms with van der Waals surface area (Å²) in [5.74, 6) is -0.184. The van der Waals surface area contributed by atoms with Gasteiger partial charge in [0.1, 0.15) is 0 Å². The number of halogens is 1. The molecule has 0 saturated carbocycles. The summed E-state index contributed by atoms with van der Waals surface area (Å²) in [6.07, 6.45) is 0.654. The van der Waals surface area contributed by atoms with Crippen molar-refractivity contribution in [2.45, 2.75) is 13.3 Å². The summed E-state index contributed by atoms with van der Waals surface area (Å²) in [5.41, 5.74) is 4.36. The summed E-state index contributed by atoms with van der Waals surface area (Å²) >= 11 is 5.87. The zero-order valence-electron chi connectivity index (χ0n) is 8.33. The van der Waals surface area contributed by atoms with E-state index in [9.17, 15) is 4.79 Å². The first-order chi connectivity index (χ1) is 7.16. The molecule has 1 unspecified atom stereocenters. The second-order valence-electron chi connectivity index (χ2n) is 3.62. The average Bonchev–Trinajstić information content (AvgIpc) is 2.50. The number of amides is 1. The van der Waals surface area contributed by atoms with Crippen LogP contribution < -0.4 is 5.43 Å². The Labute approximate surface area is 93.1 Å². The Morgan fingerprint density at radius 1 is 1.53 bits per heavy atom. The molecular formula is C11H11ClN2O. The number of carbonyl (C=O) groups excluding carboxylic acids is 1. The number of hydrazone groups is 1. The average molecular weight is 223 g/mol. The van der Waals surface area contributed by atoms with Gasteiger partial charge in [-0.1, -0.05) is 23.7 Å². The summed E-state index contributed by atoms with van der Waals surface area (Å²) in [7, 11) is 0. The van der Waals surface area contributed by atoms with Crippen LogP contribution in [0.1, 0.15) is 12.5 Å². The normalized spacial score (nSPS) is 20.0. The zero-order chi connectivity index (χ0) is 10.8. The van der Waals surface area contributed by atoms with Crippen LogP contribution in [-0.2, 0) is 11.2 Å². The van der Waals surface area contributed by atoms with Gasteiger partial charge in [-0.15, -0.1) is 0 Å². The van der Waals surface area contributed by atoms with Gasteiger partial charge in [0.15, 0.2) is 0 Å². The first kappa shape index (κ1) is 10.2. The quantitative estimate of drug-likeness (QED) is 0.817. The van der Waals surface area contributed by atoms with E-state index in [1.165, 1.54) is 0 Å². The van der Waals surface area contributed by atoms with E-state index in [-0.39, 0.29) is 11.8 Å². The number of hydrogen-bond donors (Lipinski definition) is 1. The van der Waals surface area contributed by atoms with Crippen molar-refractivity contribution in [3.8, 4) is 0 Å². The Balaban J connectivity index is 2.15. The fraction of sp³-hybridized carbons (Fsp3) is 0.273. The van der Waals surface area contributed by atoms with Crippen LogP contribution in [0.25, 0.3) is 0 Å². The highest BCUT2D eigenvalue weighted by Crippen LogP contribution is 2.17. The van der Waals surface area contributed by atoms with Gasteiger partial charge in [0, 0.05) is 10.7 Å². The van der Waals surface area contributed by atoms with Gasteiger partial charge in [-0.3, -0.25) is 4.79 Å². The Morgan fingerprint density at radius 3 is 2.93 bits per heavy atom. The molecule has 0 bridgehead atoms. The SMILES string of the molecule is CC1=NNC(=O)C1Cc1cccc(Cl)c1. The van der Waals surface area contributed by atoms with Gasteiger partial charge in [0.2, 0.25) is 5.91 Å². The summed E-state index contributed by atoms with van der Waals surface area (Å²) < 4.78 is 0. The monoisotopic (exact) mass is 222 g/mol. The van der Waals surface area contributed by atoms with Crippen molar-refractivity contribution >= 4 is 23.2 Å². The molecule has 4 heteroatoms. The van der Waals surface area contributed by atoms with Crippen LogP contribution in [0.3, 0.4) is 0 Å². The zero-order valence-corrected chi connectivity index (χ0v) is 9.08. The number of rotatable bonds is 2.